The number of hydrogen-bond donors (Lipinski definition) is 3. The molecule has 0 saturated carbocycles. The van der Waals surface area contributed by atoms with Crippen LogP contribution in [-0.4, -0.2) is 11.0 Å². The third-order valence-corrected chi connectivity index (χ3v) is 3.06. The molecule has 0 aliphatic rings. The Labute approximate surface area is 118 Å². The number of para-hydroxylation sites is 1. The van der Waals surface area contributed by atoms with Crippen LogP contribution < -0.4 is 11.1 Å². The number of phenols is 1. The Morgan fingerprint density at radius 1 is 1.10 bits per heavy atom. The number of benzene rings is 2. The molecule has 0 bridgehead atoms. The summed E-state index contributed by atoms with van der Waals surface area (Å²) in [5, 5.41) is 12.5. The molecule has 0 saturated heterocycles. The fourth-order valence-corrected chi connectivity index (χ4v) is 1.96. The zero-order chi connectivity index (χ0) is 14.4. The SMILES string of the molecule is NCc1cccc(CNC(=O)Cc2ccccc2O)c1. The molecule has 0 aliphatic heterocycles. The maximum absolute atomic E-state index is 11.8. The lowest BCUT2D eigenvalue weighted by Gasteiger charge is -2.07. The van der Waals surface area contributed by atoms with Crippen LogP contribution in [-0.2, 0) is 24.3 Å². The van der Waals surface area contributed by atoms with Crippen LogP contribution in [0.3, 0.4) is 0 Å². The minimum Gasteiger partial charge on any atom is -0.508 e. The number of phenolic OH excluding ortho intramolecular Hbond substituents is 1. The molecular formula is C16H18N2O2. The fraction of sp³-hybridized carbons (Fsp3) is 0.188. The molecule has 20 heavy (non-hydrogen) atoms. The molecule has 0 heterocycles. The molecule has 0 atom stereocenters. The fourth-order valence-electron chi connectivity index (χ4n) is 1.96. The zero-order valence-electron chi connectivity index (χ0n) is 11.2. The van der Waals surface area contributed by atoms with E-state index in [1.165, 1.54) is 0 Å². The number of nitrogens with one attached hydrogen (secondary N) is 1. The van der Waals surface area contributed by atoms with Gasteiger partial charge < -0.3 is 16.2 Å². The lowest BCUT2D eigenvalue weighted by atomic mass is 10.1. The van der Waals surface area contributed by atoms with Gasteiger partial charge in [0, 0.05) is 18.7 Å². The summed E-state index contributed by atoms with van der Waals surface area (Å²) < 4.78 is 0. The minimum atomic E-state index is -0.121. The van der Waals surface area contributed by atoms with Crippen molar-refractivity contribution < 1.29 is 9.90 Å². The van der Waals surface area contributed by atoms with E-state index in [0.29, 0.717) is 18.7 Å². The highest BCUT2D eigenvalue weighted by Crippen LogP contribution is 2.15. The van der Waals surface area contributed by atoms with E-state index in [1.807, 2.05) is 24.3 Å². The summed E-state index contributed by atoms with van der Waals surface area (Å²) in [4.78, 5) is 11.8. The molecule has 2 rings (SSSR count). The summed E-state index contributed by atoms with van der Waals surface area (Å²) in [6.45, 7) is 0.944. The van der Waals surface area contributed by atoms with Crippen molar-refractivity contribution in [2.45, 2.75) is 19.5 Å². The second-order valence-electron chi connectivity index (χ2n) is 4.61. The molecule has 4 heteroatoms. The van der Waals surface area contributed by atoms with Crippen LogP contribution in [0.1, 0.15) is 16.7 Å². The summed E-state index contributed by atoms with van der Waals surface area (Å²) in [5.41, 5.74) is 8.26. The minimum absolute atomic E-state index is 0.121. The largest absolute Gasteiger partial charge is 0.508 e. The van der Waals surface area contributed by atoms with E-state index in [9.17, 15) is 9.90 Å². The molecule has 4 N–H and O–H groups in total. The average Bonchev–Trinajstić information content (AvgIpc) is 2.48. The summed E-state index contributed by atoms with van der Waals surface area (Å²) in [5.74, 6) is 0.0254. The lowest BCUT2D eigenvalue weighted by molar-refractivity contribution is -0.120. The number of aromatic hydroxyl groups is 1. The Kier molecular flexibility index (Phi) is 4.74. The first-order chi connectivity index (χ1) is 9.69. The van der Waals surface area contributed by atoms with E-state index < -0.39 is 0 Å². The molecule has 4 nitrogen and oxygen atoms in total. The van der Waals surface area contributed by atoms with Gasteiger partial charge in [-0.2, -0.15) is 0 Å². The van der Waals surface area contributed by atoms with Crippen molar-refractivity contribution in [3.8, 4) is 5.75 Å². The second-order valence-corrected chi connectivity index (χ2v) is 4.61. The van der Waals surface area contributed by atoms with Crippen LogP contribution in [0.2, 0.25) is 0 Å². The van der Waals surface area contributed by atoms with Gasteiger partial charge in [0.05, 0.1) is 6.42 Å². The van der Waals surface area contributed by atoms with Gasteiger partial charge >= 0.3 is 0 Å². The number of carbonyl (C=O) groups excluding carboxylic acids is 1. The predicted molar refractivity (Wildman–Crippen MR) is 78.0 cm³/mol. The van der Waals surface area contributed by atoms with Gasteiger partial charge in [-0.05, 0) is 17.2 Å². The summed E-state index contributed by atoms with van der Waals surface area (Å²) >= 11 is 0. The summed E-state index contributed by atoms with van der Waals surface area (Å²) in [7, 11) is 0. The molecule has 1 amide bonds. The van der Waals surface area contributed by atoms with Crippen molar-refractivity contribution in [1.82, 2.24) is 5.32 Å². The highest BCUT2D eigenvalue weighted by atomic mass is 16.3. The third kappa shape index (κ3) is 3.83. The van der Waals surface area contributed by atoms with Gasteiger partial charge in [-0.15, -0.1) is 0 Å². The van der Waals surface area contributed by atoms with Crippen LogP contribution >= 0.6 is 0 Å². The Bertz CT molecular complexity index is 597. The highest BCUT2D eigenvalue weighted by molar-refractivity contribution is 5.79. The van der Waals surface area contributed by atoms with Gasteiger partial charge in [-0.25, -0.2) is 0 Å². The standard InChI is InChI=1S/C16H18N2O2/c17-10-12-4-3-5-13(8-12)11-18-16(20)9-14-6-1-2-7-15(14)19/h1-8,19H,9-11,17H2,(H,18,20). The molecule has 2 aromatic rings. The van der Waals surface area contributed by atoms with Crippen LogP contribution in [0.4, 0.5) is 0 Å². The maximum Gasteiger partial charge on any atom is 0.224 e. The highest BCUT2D eigenvalue weighted by Gasteiger charge is 2.06. The van der Waals surface area contributed by atoms with Crippen molar-refractivity contribution in [2.75, 3.05) is 0 Å². The lowest BCUT2D eigenvalue weighted by Crippen LogP contribution is -2.24. The van der Waals surface area contributed by atoms with Gasteiger partial charge in [0.1, 0.15) is 5.75 Å². The quantitative estimate of drug-likeness (QED) is 0.774. The second kappa shape index (κ2) is 6.73. The van der Waals surface area contributed by atoms with Crippen molar-refractivity contribution >= 4 is 5.91 Å². The predicted octanol–water partition coefficient (Wildman–Crippen LogP) is 1.71. The van der Waals surface area contributed by atoms with Gasteiger partial charge in [0.2, 0.25) is 5.91 Å². The first-order valence-corrected chi connectivity index (χ1v) is 6.50. The number of hydrogen-bond acceptors (Lipinski definition) is 3. The third-order valence-electron chi connectivity index (χ3n) is 3.06. The van der Waals surface area contributed by atoms with E-state index in [2.05, 4.69) is 5.32 Å². The summed E-state index contributed by atoms with van der Waals surface area (Å²) in [6.07, 6.45) is 0.170. The Balaban J connectivity index is 1.90. The van der Waals surface area contributed by atoms with Crippen molar-refractivity contribution in [1.29, 1.82) is 0 Å². The van der Waals surface area contributed by atoms with E-state index in [0.717, 1.165) is 11.1 Å². The smallest absolute Gasteiger partial charge is 0.224 e. The monoisotopic (exact) mass is 270 g/mol. The molecular weight excluding hydrogens is 252 g/mol. The molecule has 0 unspecified atom stereocenters. The molecule has 2 aromatic carbocycles. The van der Waals surface area contributed by atoms with E-state index in [-0.39, 0.29) is 18.1 Å². The van der Waals surface area contributed by atoms with Gasteiger partial charge in [-0.1, -0.05) is 42.5 Å². The van der Waals surface area contributed by atoms with Gasteiger partial charge in [0.25, 0.3) is 0 Å². The zero-order valence-corrected chi connectivity index (χ0v) is 11.2. The number of carbonyl (C=O) groups is 1. The van der Waals surface area contributed by atoms with Gasteiger partial charge in [0.15, 0.2) is 0 Å². The first kappa shape index (κ1) is 14.1. The van der Waals surface area contributed by atoms with Crippen LogP contribution in [0.25, 0.3) is 0 Å². The maximum atomic E-state index is 11.8. The normalized spacial score (nSPS) is 10.2. The van der Waals surface area contributed by atoms with Crippen LogP contribution in [0.15, 0.2) is 48.5 Å². The molecule has 0 radical (unpaired) electrons. The van der Waals surface area contributed by atoms with E-state index in [1.54, 1.807) is 24.3 Å². The van der Waals surface area contributed by atoms with E-state index in [4.69, 9.17) is 5.73 Å². The van der Waals surface area contributed by atoms with Gasteiger partial charge in [-0.3, -0.25) is 4.79 Å². The number of nitrogens with two attached hydrogens (primary N) is 1. The van der Waals surface area contributed by atoms with Crippen molar-refractivity contribution in [3.05, 3.63) is 65.2 Å². The topological polar surface area (TPSA) is 75.3 Å². The Morgan fingerprint density at radius 3 is 2.60 bits per heavy atom. The molecule has 0 fully saturated rings. The first-order valence-electron chi connectivity index (χ1n) is 6.50. The molecule has 0 spiro atoms. The van der Waals surface area contributed by atoms with Crippen molar-refractivity contribution in [2.24, 2.45) is 5.73 Å². The Morgan fingerprint density at radius 2 is 1.85 bits per heavy atom. The van der Waals surface area contributed by atoms with Crippen LogP contribution in [0.5, 0.6) is 5.75 Å². The summed E-state index contributed by atoms with van der Waals surface area (Å²) in [6, 6.07) is 14.6. The molecule has 0 aromatic heterocycles. The molecule has 0 aliphatic carbocycles. The van der Waals surface area contributed by atoms with E-state index >= 15 is 0 Å². The molecule has 104 valence electrons. The number of rotatable bonds is 5. The van der Waals surface area contributed by atoms with Crippen molar-refractivity contribution in [3.63, 3.8) is 0 Å². The average molecular weight is 270 g/mol. The van der Waals surface area contributed by atoms with Crippen LogP contribution in [0, 0.1) is 0 Å². The number of amides is 1. The Hall–Kier alpha value is -2.33.